The van der Waals surface area contributed by atoms with Gasteiger partial charge in [0.25, 0.3) is 5.91 Å². The summed E-state index contributed by atoms with van der Waals surface area (Å²) in [5.41, 5.74) is 5.87. The van der Waals surface area contributed by atoms with Crippen molar-refractivity contribution in [3.63, 3.8) is 0 Å². The van der Waals surface area contributed by atoms with Gasteiger partial charge in [-0.25, -0.2) is 4.39 Å². The molecule has 0 saturated heterocycles. The number of hydrogen-bond acceptors (Lipinski definition) is 6. The number of aryl methyl sites for hydroxylation is 1. The predicted octanol–water partition coefficient (Wildman–Crippen LogP) is 5.34. The zero-order valence-corrected chi connectivity index (χ0v) is 19.9. The standard InChI is InChI=1S/C28H24FN5O2/c1-17-6-8-24(31-15-17)19-11-20(26-14-27(36-34-26)25-5-3-4-10-30-25)13-21(12-19)28(35)33-18(2)23-9-7-22(29)16-32-23/h3-13,15-16,18,27H,14H2,1-2H3,(H,33,35)/t18?,27-/m0/s1. The van der Waals surface area contributed by atoms with Gasteiger partial charge in [0.2, 0.25) is 0 Å². The van der Waals surface area contributed by atoms with Crippen LogP contribution in [0.5, 0.6) is 0 Å². The zero-order valence-electron chi connectivity index (χ0n) is 19.9. The Hall–Kier alpha value is -4.46. The van der Waals surface area contributed by atoms with Crippen LogP contribution in [-0.2, 0) is 4.84 Å². The Morgan fingerprint density at radius 3 is 2.61 bits per heavy atom. The molecule has 180 valence electrons. The minimum absolute atomic E-state index is 0.287. The molecule has 0 saturated carbocycles. The van der Waals surface area contributed by atoms with E-state index in [9.17, 15) is 9.18 Å². The summed E-state index contributed by atoms with van der Waals surface area (Å²) in [6, 6.07) is 17.6. The third-order valence-electron chi connectivity index (χ3n) is 5.96. The number of pyridine rings is 3. The summed E-state index contributed by atoms with van der Waals surface area (Å²) in [6.07, 6.45) is 4.88. The average molecular weight is 482 g/mol. The summed E-state index contributed by atoms with van der Waals surface area (Å²) in [4.78, 5) is 31.9. The molecule has 5 rings (SSSR count). The lowest BCUT2D eigenvalue weighted by Gasteiger charge is -2.15. The van der Waals surface area contributed by atoms with Crippen LogP contribution in [-0.4, -0.2) is 26.6 Å². The summed E-state index contributed by atoms with van der Waals surface area (Å²) in [5, 5.41) is 7.26. The van der Waals surface area contributed by atoms with Crippen LogP contribution in [0.1, 0.15) is 58.4 Å². The van der Waals surface area contributed by atoms with Crippen LogP contribution >= 0.6 is 0 Å². The van der Waals surface area contributed by atoms with Crippen LogP contribution in [0.25, 0.3) is 11.3 Å². The van der Waals surface area contributed by atoms with Gasteiger partial charge in [-0.05, 0) is 67.9 Å². The zero-order chi connectivity index (χ0) is 25.1. The molecule has 0 radical (unpaired) electrons. The third-order valence-corrected chi connectivity index (χ3v) is 5.96. The SMILES string of the molecule is Cc1ccc(-c2cc(C(=O)NC(C)c3ccc(F)cn3)cc(C3=NO[C@H](c4ccccn4)C3)c2)nc1. The van der Waals surface area contributed by atoms with Gasteiger partial charge in [-0.2, -0.15) is 0 Å². The van der Waals surface area contributed by atoms with E-state index in [0.29, 0.717) is 17.7 Å². The Balaban J connectivity index is 1.45. The normalized spacial score (nSPS) is 15.6. The maximum atomic E-state index is 13.3. The molecular formula is C28H24FN5O2. The van der Waals surface area contributed by atoms with E-state index in [1.54, 1.807) is 37.5 Å². The minimum Gasteiger partial charge on any atom is -0.385 e. The number of nitrogens with zero attached hydrogens (tertiary/aromatic N) is 4. The molecule has 4 aromatic rings. The average Bonchev–Trinajstić information content (AvgIpc) is 3.40. The summed E-state index contributed by atoms with van der Waals surface area (Å²) < 4.78 is 13.3. The monoisotopic (exact) mass is 481 g/mol. The fourth-order valence-electron chi connectivity index (χ4n) is 3.98. The molecule has 8 heteroatoms. The molecule has 1 N–H and O–H groups in total. The number of halogens is 1. The van der Waals surface area contributed by atoms with Crippen LogP contribution in [0.4, 0.5) is 4.39 Å². The second-order valence-electron chi connectivity index (χ2n) is 8.71. The maximum absolute atomic E-state index is 13.3. The van der Waals surface area contributed by atoms with Gasteiger partial charge >= 0.3 is 0 Å². The number of amides is 1. The van der Waals surface area contributed by atoms with E-state index < -0.39 is 11.9 Å². The van der Waals surface area contributed by atoms with Crippen molar-refractivity contribution < 1.29 is 14.0 Å². The predicted molar refractivity (Wildman–Crippen MR) is 134 cm³/mol. The van der Waals surface area contributed by atoms with E-state index in [2.05, 4.69) is 25.4 Å². The fourth-order valence-corrected chi connectivity index (χ4v) is 3.98. The second kappa shape index (κ2) is 10.0. The van der Waals surface area contributed by atoms with Crippen molar-refractivity contribution in [3.05, 3.63) is 113 Å². The molecule has 36 heavy (non-hydrogen) atoms. The smallest absolute Gasteiger partial charge is 0.251 e. The molecule has 0 fully saturated rings. The van der Waals surface area contributed by atoms with Crippen molar-refractivity contribution in [2.24, 2.45) is 5.16 Å². The first-order valence-electron chi connectivity index (χ1n) is 11.6. The first-order chi connectivity index (χ1) is 17.5. The first kappa shape index (κ1) is 23.3. The van der Waals surface area contributed by atoms with E-state index in [-0.39, 0.29) is 12.0 Å². The highest BCUT2D eigenvalue weighted by molar-refractivity contribution is 6.05. The molecule has 0 aliphatic carbocycles. The van der Waals surface area contributed by atoms with E-state index in [1.165, 1.54) is 6.07 Å². The van der Waals surface area contributed by atoms with Crippen molar-refractivity contribution in [3.8, 4) is 11.3 Å². The third kappa shape index (κ3) is 5.12. The Morgan fingerprint density at radius 1 is 1.03 bits per heavy atom. The molecule has 1 aliphatic rings. The van der Waals surface area contributed by atoms with Crippen LogP contribution in [0.15, 0.2) is 84.4 Å². The number of oxime groups is 1. The molecule has 4 heterocycles. The molecule has 1 amide bonds. The van der Waals surface area contributed by atoms with Crippen LogP contribution in [0, 0.1) is 12.7 Å². The van der Waals surface area contributed by atoms with Gasteiger partial charge in [0.15, 0.2) is 6.10 Å². The van der Waals surface area contributed by atoms with Gasteiger partial charge in [0.1, 0.15) is 5.82 Å². The van der Waals surface area contributed by atoms with E-state index in [4.69, 9.17) is 4.84 Å². The van der Waals surface area contributed by atoms with E-state index in [1.807, 2.05) is 43.3 Å². The van der Waals surface area contributed by atoms with Crippen molar-refractivity contribution >= 4 is 11.6 Å². The number of nitrogens with one attached hydrogen (secondary N) is 1. The van der Waals surface area contributed by atoms with Gasteiger partial charge < -0.3 is 10.2 Å². The Labute approximate surface area is 208 Å². The molecule has 2 atom stereocenters. The number of rotatable bonds is 6. The van der Waals surface area contributed by atoms with Gasteiger partial charge in [-0.3, -0.25) is 19.7 Å². The van der Waals surface area contributed by atoms with E-state index in [0.717, 1.165) is 40.0 Å². The van der Waals surface area contributed by atoms with Crippen LogP contribution < -0.4 is 5.32 Å². The lowest BCUT2D eigenvalue weighted by molar-refractivity contribution is 0.0826. The lowest BCUT2D eigenvalue weighted by Crippen LogP contribution is -2.27. The first-order valence-corrected chi connectivity index (χ1v) is 11.6. The van der Waals surface area contributed by atoms with Crippen molar-refractivity contribution in [2.45, 2.75) is 32.4 Å². The molecule has 1 aliphatic heterocycles. The van der Waals surface area contributed by atoms with Crippen molar-refractivity contribution in [2.75, 3.05) is 0 Å². The highest BCUT2D eigenvalue weighted by Crippen LogP contribution is 2.30. The largest absolute Gasteiger partial charge is 0.385 e. The molecule has 3 aromatic heterocycles. The highest BCUT2D eigenvalue weighted by atomic mass is 19.1. The second-order valence-corrected chi connectivity index (χ2v) is 8.71. The van der Waals surface area contributed by atoms with Gasteiger partial charge in [-0.15, -0.1) is 0 Å². The molecule has 1 unspecified atom stereocenters. The quantitative estimate of drug-likeness (QED) is 0.401. The summed E-state index contributed by atoms with van der Waals surface area (Å²) >= 11 is 0. The van der Waals surface area contributed by atoms with Crippen molar-refractivity contribution in [1.29, 1.82) is 0 Å². The lowest BCUT2D eigenvalue weighted by atomic mass is 9.96. The topological polar surface area (TPSA) is 89.4 Å². The Morgan fingerprint density at radius 2 is 1.89 bits per heavy atom. The van der Waals surface area contributed by atoms with Crippen LogP contribution in [0.2, 0.25) is 0 Å². The fraction of sp³-hybridized carbons (Fsp3) is 0.179. The van der Waals surface area contributed by atoms with E-state index >= 15 is 0 Å². The summed E-state index contributed by atoms with van der Waals surface area (Å²) in [5.74, 6) is -0.714. The van der Waals surface area contributed by atoms with Gasteiger partial charge in [-0.1, -0.05) is 17.3 Å². The number of hydrogen-bond donors (Lipinski definition) is 1. The molecule has 0 spiro atoms. The Kier molecular flexibility index (Phi) is 6.49. The molecule has 7 nitrogen and oxygen atoms in total. The van der Waals surface area contributed by atoms with Crippen LogP contribution in [0.3, 0.4) is 0 Å². The molecular weight excluding hydrogens is 457 g/mol. The summed E-state index contributed by atoms with van der Waals surface area (Å²) in [7, 11) is 0. The number of aromatic nitrogens is 3. The van der Waals surface area contributed by atoms with Gasteiger partial charge in [0.05, 0.1) is 35.0 Å². The number of carbonyl (C=O) groups excluding carboxylic acids is 1. The number of benzene rings is 1. The summed E-state index contributed by atoms with van der Waals surface area (Å²) in [6.45, 7) is 3.77. The van der Waals surface area contributed by atoms with Gasteiger partial charge in [0, 0.05) is 35.5 Å². The highest BCUT2D eigenvalue weighted by Gasteiger charge is 2.26. The molecule has 1 aromatic carbocycles. The Bertz CT molecular complexity index is 1410. The number of carbonyl (C=O) groups is 1. The maximum Gasteiger partial charge on any atom is 0.251 e. The minimum atomic E-state index is -0.427. The molecule has 0 bridgehead atoms. The van der Waals surface area contributed by atoms with Crippen molar-refractivity contribution in [1.82, 2.24) is 20.3 Å².